The molecule has 2 heterocycles. The van der Waals surface area contributed by atoms with Crippen LogP contribution in [-0.4, -0.2) is 22.9 Å². The highest BCUT2D eigenvalue weighted by Crippen LogP contribution is 2.31. The van der Waals surface area contributed by atoms with Crippen LogP contribution in [0.15, 0.2) is 27.4 Å². The Morgan fingerprint density at radius 1 is 1.40 bits per heavy atom. The second-order valence-corrected chi connectivity index (χ2v) is 5.23. The van der Waals surface area contributed by atoms with Gasteiger partial charge in [0.15, 0.2) is 5.58 Å². The van der Waals surface area contributed by atoms with Gasteiger partial charge in [0.2, 0.25) is 0 Å². The number of benzene rings is 1. The summed E-state index contributed by atoms with van der Waals surface area (Å²) in [5.74, 6) is -0.138. The molecule has 1 atom stereocenters. The number of hydrogen-bond acceptors (Lipinski definition) is 4. The van der Waals surface area contributed by atoms with Crippen LogP contribution in [0.5, 0.6) is 0 Å². The van der Waals surface area contributed by atoms with Crippen molar-refractivity contribution in [1.29, 1.82) is 0 Å². The molecule has 5 heteroatoms. The van der Waals surface area contributed by atoms with Crippen LogP contribution >= 0.6 is 0 Å². The molecule has 0 radical (unpaired) electrons. The van der Waals surface area contributed by atoms with Gasteiger partial charge in [0.05, 0.1) is 11.6 Å². The second-order valence-electron chi connectivity index (χ2n) is 5.23. The fourth-order valence-corrected chi connectivity index (χ4v) is 2.87. The Labute approximate surface area is 116 Å². The van der Waals surface area contributed by atoms with Crippen LogP contribution < -0.4 is 5.76 Å². The lowest BCUT2D eigenvalue weighted by molar-refractivity contribution is 0.00721. The van der Waals surface area contributed by atoms with Gasteiger partial charge in [-0.1, -0.05) is 6.07 Å². The third kappa shape index (κ3) is 2.27. The van der Waals surface area contributed by atoms with E-state index >= 15 is 0 Å². The quantitative estimate of drug-likeness (QED) is 0.932. The number of rotatable bonds is 3. The number of fused-ring (bicyclic) bond motifs is 1. The Balaban J connectivity index is 1.94. The molecular weight excluding hydrogens is 258 g/mol. The van der Waals surface area contributed by atoms with Crippen LogP contribution in [0.1, 0.15) is 31.4 Å². The molecule has 0 amide bonds. The zero-order chi connectivity index (χ0) is 14.1. The average Bonchev–Trinajstić information content (AvgIpc) is 2.81. The van der Waals surface area contributed by atoms with Gasteiger partial charge >= 0.3 is 5.76 Å². The van der Waals surface area contributed by atoms with Crippen molar-refractivity contribution in [3.05, 3.63) is 34.3 Å². The molecule has 1 saturated heterocycles. The Bertz CT molecular complexity index is 651. The zero-order valence-corrected chi connectivity index (χ0v) is 11.5. The summed E-state index contributed by atoms with van der Waals surface area (Å²) in [5.41, 5.74) is 2.13. The molecule has 0 aliphatic carbocycles. The first-order valence-electron chi connectivity index (χ1n) is 7.10. The maximum Gasteiger partial charge on any atom is 0.419 e. The van der Waals surface area contributed by atoms with Crippen LogP contribution in [0.25, 0.3) is 11.1 Å². The monoisotopic (exact) mass is 277 g/mol. The largest absolute Gasteiger partial charge is 0.419 e. The van der Waals surface area contributed by atoms with Crippen molar-refractivity contribution in [2.45, 2.75) is 32.4 Å². The van der Waals surface area contributed by atoms with E-state index in [9.17, 15) is 9.90 Å². The van der Waals surface area contributed by atoms with Crippen molar-refractivity contribution in [2.75, 3.05) is 13.2 Å². The SMILES string of the molecule is CCn1c(=O)oc2cc(C(O)C3CCOCC3)ccc21. The third-order valence-corrected chi connectivity index (χ3v) is 4.06. The summed E-state index contributed by atoms with van der Waals surface area (Å²) in [6, 6.07) is 5.51. The Hall–Kier alpha value is -1.59. The first kappa shape index (κ1) is 13.4. The van der Waals surface area contributed by atoms with Gasteiger partial charge in [-0.15, -0.1) is 0 Å². The lowest BCUT2D eigenvalue weighted by atomic mass is 9.89. The highest BCUT2D eigenvalue weighted by atomic mass is 16.5. The normalized spacial score (nSPS) is 18.5. The Morgan fingerprint density at radius 2 is 2.15 bits per heavy atom. The van der Waals surface area contributed by atoms with Crippen molar-refractivity contribution < 1.29 is 14.3 Å². The van der Waals surface area contributed by atoms with Crippen LogP contribution in [0.2, 0.25) is 0 Å². The van der Waals surface area contributed by atoms with Gasteiger partial charge in [-0.05, 0) is 43.4 Å². The topological polar surface area (TPSA) is 64.6 Å². The molecule has 1 N–H and O–H groups in total. The molecule has 0 spiro atoms. The molecule has 0 bridgehead atoms. The van der Waals surface area contributed by atoms with E-state index in [-0.39, 0.29) is 11.7 Å². The number of nitrogens with zero attached hydrogens (tertiary/aromatic N) is 1. The summed E-state index contributed by atoms with van der Waals surface area (Å²) in [4.78, 5) is 11.7. The number of ether oxygens (including phenoxy) is 1. The molecule has 20 heavy (non-hydrogen) atoms. The van der Waals surface area contributed by atoms with Gasteiger partial charge in [-0.3, -0.25) is 4.57 Å². The summed E-state index contributed by atoms with van der Waals surface area (Å²) >= 11 is 0. The minimum atomic E-state index is -0.529. The number of oxazole rings is 1. The van der Waals surface area contributed by atoms with Crippen molar-refractivity contribution >= 4 is 11.1 Å². The molecule has 1 aliphatic rings. The van der Waals surface area contributed by atoms with Crippen molar-refractivity contribution in [1.82, 2.24) is 4.57 Å². The number of aliphatic hydroxyl groups is 1. The predicted molar refractivity (Wildman–Crippen MR) is 74.7 cm³/mol. The molecule has 1 fully saturated rings. The maximum absolute atomic E-state index is 11.7. The summed E-state index contributed by atoms with van der Waals surface area (Å²) in [5, 5.41) is 10.5. The smallest absolute Gasteiger partial charge is 0.408 e. The van der Waals surface area contributed by atoms with Crippen LogP contribution in [0.3, 0.4) is 0 Å². The first-order valence-corrected chi connectivity index (χ1v) is 7.10. The van der Waals surface area contributed by atoms with E-state index in [1.54, 1.807) is 10.6 Å². The molecule has 1 unspecified atom stereocenters. The van der Waals surface area contributed by atoms with Gasteiger partial charge < -0.3 is 14.3 Å². The number of aryl methyl sites for hydroxylation is 1. The highest BCUT2D eigenvalue weighted by Gasteiger charge is 2.24. The van der Waals surface area contributed by atoms with Crippen LogP contribution in [0, 0.1) is 5.92 Å². The average molecular weight is 277 g/mol. The van der Waals surface area contributed by atoms with Gasteiger partial charge in [0, 0.05) is 19.8 Å². The van der Waals surface area contributed by atoms with Gasteiger partial charge in [0.25, 0.3) is 0 Å². The van der Waals surface area contributed by atoms with E-state index < -0.39 is 6.10 Å². The Morgan fingerprint density at radius 3 is 2.85 bits per heavy atom. The third-order valence-electron chi connectivity index (χ3n) is 4.06. The van der Waals surface area contributed by atoms with E-state index in [2.05, 4.69) is 0 Å². The summed E-state index contributed by atoms with van der Waals surface area (Å²) in [7, 11) is 0. The molecular formula is C15H19NO4. The minimum Gasteiger partial charge on any atom is -0.408 e. The maximum atomic E-state index is 11.7. The number of hydrogen-bond donors (Lipinski definition) is 1. The molecule has 108 valence electrons. The molecule has 2 aromatic rings. The van der Waals surface area contributed by atoms with Gasteiger partial charge in [-0.25, -0.2) is 4.79 Å². The van der Waals surface area contributed by atoms with Gasteiger partial charge in [0.1, 0.15) is 0 Å². The number of aliphatic hydroxyl groups excluding tert-OH is 1. The van der Waals surface area contributed by atoms with E-state index in [4.69, 9.17) is 9.15 Å². The fourth-order valence-electron chi connectivity index (χ4n) is 2.87. The molecule has 1 aromatic heterocycles. The molecule has 5 nitrogen and oxygen atoms in total. The predicted octanol–water partition coefficient (Wildman–Crippen LogP) is 2.07. The first-order chi connectivity index (χ1) is 9.70. The van der Waals surface area contributed by atoms with E-state index in [0.29, 0.717) is 25.3 Å². The van der Waals surface area contributed by atoms with E-state index in [1.165, 1.54) is 0 Å². The molecule has 1 aliphatic heterocycles. The van der Waals surface area contributed by atoms with Gasteiger partial charge in [-0.2, -0.15) is 0 Å². The highest BCUT2D eigenvalue weighted by molar-refractivity contribution is 5.73. The van der Waals surface area contributed by atoms with Crippen LogP contribution in [0.4, 0.5) is 0 Å². The van der Waals surface area contributed by atoms with Crippen molar-refractivity contribution in [2.24, 2.45) is 5.92 Å². The standard InChI is InChI=1S/C15H19NO4/c1-2-16-12-4-3-11(9-13(12)20-15(16)18)14(17)10-5-7-19-8-6-10/h3-4,9-10,14,17H,2,5-8H2,1H3. The van der Waals surface area contributed by atoms with Crippen molar-refractivity contribution in [3.8, 4) is 0 Å². The molecule has 0 saturated carbocycles. The van der Waals surface area contributed by atoms with Crippen molar-refractivity contribution in [3.63, 3.8) is 0 Å². The second kappa shape index (κ2) is 5.42. The van der Waals surface area contributed by atoms with E-state index in [0.717, 1.165) is 23.9 Å². The Kier molecular flexibility index (Phi) is 3.63. The van der Waals surface area contributed by atoms with Crippen LogP contribution in [-0.2, 0) is 11.3 Å². The zero-order valence-electron chi connectivity index (χ0n) is 11.5. The fraction of sp³-hybridized carbons (Fsp3) is 0.533. The lowest BCUT2D eigenvalue weighted by Gasteiger charge is -2.26. The molecule has 1 aromatic carbocycles. The lowest BCUT2D eigenvalue weighted by Crippen LogP contribution is -2.21. The summed E-state index contributed by atoms with van der Waals surface area (Å²) in [6.45, 7) is 3.88. The molecule has 3 rings (SSSR count). The summed E-state index contributed by atoms with van der Waals surface area (Å²) in [6.07, 6.45) is 1.19. The summed E-state index contributed by atoms with van der Waals surface area (Å²) < 4.78 is 12.1. The minimum absolute atomic E-state index is 0.209. The van der Waals surface area contributed by atoms with E-state index in [1.807, 2.05) is 19.1 Å². The number of aromatic nitrogens is 1.